The van der Waals surface area contributed by atoms with Crippen molar-refractivity contribution in [2.75, 3.05) is 13.2 Å². The summed E-state index contributed by atoms with van der Waals surface area (Å²) >= 11 is 0. The Morgan fingerprint density at radius 3 is 3.00 bits per heavy atom. The third-order valence-corrected chi connectivity index (χ3v) is 2.65. The molecule has 0 aliphatic rings. The van der Waals surface area contributed by atoms with E-state index in [1.807, 2.05) is 0 Å². The molecule has 7 heteroatoms. The van der Waals surface area contributed by atoms with Gasteiger partial charge in [0.1, 0.15) is 5.75 Å². The fraction of sp³-hybridized carbons (Fsp3) is 0.143. The molecule has 0 saturated heterocycles. The Labute approximate surface area is 120 Å². The van der Waals surface area contributed by atoms with Gasteiger partial charge in [-0.15, -0.1) is 6.42 Å². The van der Waals surface area contributed by atoms with Crippen LogP contribution in [-0.4, -0.2) is 29.0 Å². The van der Waals surface area contributed by atoms with Crippen molar-refractivity contribution < 1.29 is 14.5 Å². The molecule has 0 saturated carbocycles. The number of hydrogen-bond acceptors (Lipinski definition) is 5. The molecule has 0 aliphatic carbocycles. The standard InChI is InChI=1S/C14H11N3O4/c1-2-7-15-13(18)9-21-12-6-5-11(17(19)20)14-10(12)4-3-8-16-14/h1,3-6,8H,7,9H2,(H,15,18). The Bertz CT molecular complexity index is 737. The van der Waals surface area contributed by atoms with E-state index in [0.29, 0.717) is 11.1 Å². The second kappa shape index (κ2) is 6.34. The molecule has 0 aliphatic heterocycles. The summed E-state index contributed by atoms with van der Waals surface area (Å²) in [6.45, 7) is -0.117. The normalized spacial score (nSPS) is 9.86. The number of nitrogens with zero attached hydrogens (tertiary/aromatic N) is 2. The third-order valence-electron chi connectivity index (χ3n) is 2.65. The Balaban J connectivity index is 2.26. The van der Waals surface area contributed by atoms with Crippen LogP contribution < -0.4 is 10.1 Å². The van der Waals surface area contributed by atoms with Gasteiger partial charge >= 0.3 is 0 Å². The fourth-order valence-electron chi connectivity index (χ4n) is 1.75. The molecular formula is C14H11N3O4. The van der Waals surface area contributed by atoms with Crippen LogP contribution in [0.4, 0.5) is 5.69 Å². The van der Waals surface area contributed by atoms with E-state index in [4.69, 9.17) is 11.2 Å². The number of nitrogens with one attached hydrogen (secondary N) is 1. The van der Waals surface area contributed by atoms with Gasteiger partial charge in [0.05, 0.1) is 11.5 Å². The molecule has 0 bridgehead atoms. The smallest absolute Gasteiger partial charge is 0.295 e. The number of nitro groups is 1. The number of fused-ring (bicyclic) bond motifs is 1. The van der Waals surface area contributed by atoms with Crippen LogP contribution >= 0.6 is 0 Å². The van der Waals surface area contributed by atoms with E-state index in [0.717, 1.165) is 0 Å². The van der Waals surface area contributed by atoms with Gasteiger partial charge in [-0.2, -0.15) is 0 Å². The molecule has 1 aromatic heterocycles. The number of non-ortho nitro benzene ring substituents is 1. The average Bonchev–Trinajstić information content (AvgIpc) is 2.50. The maximum atomic E-state index is 11.4. The van der Waals surface area contributed by atoms with Crippen molar-refractivity contribution in [3.05, 3.63) is 40.6 Å². The molecule has 0 atom stereocenters. The maximum Gasteiger partial charge on any atom is 0.295 e. The quantitative estimate of drug-likeness (QED) is 0.507. The predicted octanol–water partition coefficient (Wildman–Crippen LogP) is 1.27. The van der Waals surface area contributed by atoms with Crippen molar-refractivity contribution in [3.63, 3.8) is 0 Å². The van der Waals surface area contributed by atoms with Crippen molar-refractivity contribution >= 4 is 22.5 Å². The summed E-state index contributed by atoms with van der Waals surface area (Å²) in [5.41, 5.74) is 0.0961. The number of ether oxygens (including phenoxy) is 1. The first-order chi connectivity index (χ1) is 10.1. The average molecular weight is 285 g/mol. The van der Waals surface area contributed by atoms with Gasteiger partial charge in [-0.25, -0.2) is 4.98 Å². The zero-order valence-electron chi connectivity index (χ0n) is 10.9. The minimum atomic E-state index is -0.515. The molecule has 1 heterocycles. The van der Waals surface area contributed by atoms with Crippen LogP contribution in [0.3, 0.4) is 0 Å². The van der Waals surface area contributed by atoms with Gasteiger partial charge in [0.15, 0.2) is 12.1 Å². The van der Waals surface area contributed by atoms with Crippen LogP contribution in [0.2, 0.25) is 0 Å². The molecule has 1 amide bonds. The van der Waals surface area contributed by atoms with E-state index in [9.17, 15) is 14.9 Å². The predicted molar refractivity (Wildman–Crippen MR) is 75.7 cm³/mol. The number of hydrogen-bond donors (Lipinski definition) is 1. The first-order valence-electron chi connectivity index (χ1n) is 5.98. The second-order valence-corrected chi connectivity index (χ2v) is 4.01. The summed E-state index contributed by atoms with van der Waals surface area (Å²) in [5.74, 6) is 2.25. The highest BCUT2D eigenvalue weighted by molar-refractivity contribution is 5.92. The van der Waals surface area contributed by atoms with Crippen molar-refractivity contribution in [3.8, 4) is 18.1 Å². The van der Waals surface area contributed by atoms with E-state index in [1.165, 1.54) is 18.3 Å². The lowest BCUT2D eigenvalue weighted by atomic mass is 10.1. The largest absolute Gasteiger partial charge is 0.483 e. The number of carbonyl (C=O) groups excluding carboxylic acids is 1. The summed E-state index contributed by atoms with van der Waals surface area (Å²) in [6.07, 6.45) is 6.48. The van der Waals surface area contributed by atoms with Gasteiger partial charge in [0.25, 0.3) is 11.6 Å². The molecule has 1 N–H and O–H groups in total. The lowest BCUT2D eigenvalue weighted by Gasteiger charge is -2.08. The molecule has 2 rings (SSSR count). The number of aromatic nitrogens is 1. The van der Waals surface area contributed by atoms with Gasteiger partial charge in [-0.3, -0.25) is 14.9 Å². The zero-order chi connectivity index (χ0) is 15.2. The highest BCUT2D eigenvalue weighted by Crippen LogP contribution is 2.31. The van der Waals surface area contributed by atoms with Crippen LogP contribution in [0, 0.1) is 22.5 Å². The lowest BCUT2D eigenvalue weighted by molar-refractivity contribution is -0.383. The van der Waals surface area contributed by atoms with Crippen molar-refractivity contribution in [1.29, 1.82) is 0 Å². The topological polar surface area (TPSA) is 94.4 Å². The monoisotopic (exact) mass is 285 g/mol. The van der Waals surface area contributed by atoms with Gasteiger partial charge in [-0.05, 0) is 18.2 Å². The Morgan fingerprint density at radius 1 is 1.48 bits per heavy atom. The van der Waals surface area contributed by atoms with Crippen molar-refractivity contribution in [1.82, 2.24) is 10.3 Å². The number of pyridine rings is 1. The number of rotatable bonds is 5. The van der Waals surface area contributed by atoms with Crippen molar-refractivity contribution in [2.24, 2.45) is 0 Å². The highest BCUT2D eigenvalue weighted by Gasteiger charge is 2.16. The lowest BCUT2D eigenvalue weighted by Crippen LogP contribution is -2.29. The molecule has 0 spiro atoms. The summed E-state index contributed by atoms with van der Waals surface area (Å²) in [5, 5.41) is 13.9. The first kappa shape index (κ1) is 14.3. The van der Waals surface area contributed by atoms with Crippen LogP contribution in [0.5, 0.6) is 5.75 Å². The van der Waals surface area contributed by atoms with Crippen LogP contribution in [0.1, 0.15) is 0 Å². The summed E-state index contributed by atoms with van der Waals surface area (Å²) < 4.78 is 5.37. The molecule has 7 nitrogen and oxygen atoms in total. The van der Waals surface area contributed by atoms with E-state index in [2.05, 4.69) is 16.2 Å². The van der Waals surface area contributed by atoms with Crippen LogP contribution in [-0.2, 0) is 4.79 Å². The molecule has 0 fully saturated rings. The maximum absolute atomic E-state index is 11.4. The first-order valence-corrected chi connectivity index (χ1v) is 5.98. The molecule has 2 aromatic rings. The number of terminal acetylenes is 1. The molecule has 21 heavy (non-hydrogen) atoms. The number of benzene rings is 1. The van der Waals surface area contributed by atoms with Gasteiger partial charge in [0, 0.05) is 17.6 Å². The molecular weight excluding hydrogens is 274 g/mol. The SMILES string of the molecule is C#CCNC(=O)COc1ccc([N+](=O)[O-])c2ncccc12. The molecule has 1 aromatic carbocycles. The van der Waals surface area contributed by atoms with E-state index in [1.54, 1.807) is 12.1 Å². The Hall–Kier alpha value is -3.14. The van der Waals surface area contributed by atoms with E-state index in [-0.39, 0.29) is 30.3 Å². The van der Waals surface area contributed by atoms with Crippen molar-refractivity contribution in [2.45, 2.75) is 0 Å². The number of carbonyl (C=O) groups is 1. The third kappa shape index (κ3) is 3.25. The Morgan fingerprint density at radius 2 is 2.29 bits per heavy atom. The molecule has 0 unspecified atom stereocenters. The highest BCUT2D eigenvalue weighted by atomic mass is 16.6. The van der Waals surface area contributed by atoms with Crippen LogP contribution in [0.25, 0.3) is 10.9 Å². The Kier molecular flexibility index (Phi) is 4.31. The second-order valence-electron chi connectivity index (χ2n) is 4.01. The summed E-state index contributed by atoms with van der Waals surface area (Å²) in [7, 11) is 0. The molecule has 0 radical (unpaired) electrons. The number of amides is 1. The minimum Gasteiger partial charge on any atom is -0.483 e. The van der Waals surface area contributed by atoms with Gasteiger partial charge < -0.3 is 10.1 Å². The van der Waals surface area contributed by atoms with Crippen LogP contribution in [0.15, 0.2) is 30.5 Å². The summed E-state index contributed by atoms with van der Waals surface area (Å²) in [4.78, 5) is 25.9. The zero-order valence-corrected chi connectivity index (χ0v) is 10.9. The van der Waals surface area contributed by atoms with E-state index >= 15 is 0 Å². The summed E-state index contributed by atoms with van der Waals surface area (Å²) in [6, 6.07) is 6.02. The van der Waals surface area contributed by atoms with E-state index < -0.39 is 4.92 Å². The van der Waals surface area contributed by atoms with Gasteiger partial charge in [-0.1, -0.05) is 5.92 Å². The minimum absolute atomic E-state index is 0.116. The molecule has 106 valence electrons. The fourth-order valence-corrected chi connectivity index (χ4v) is 1.75. The number of nitro benzene ring substituents is 1. The van der Waals surface area contributed by atoms with Gasteiger partial charge in [0.2, 0.25) is 0 Å².